The summed E-state index contributed by atoms with van der Waals surface area (Å²) in [7, 11) is 0. The average molecular weight is 325 g/mol. The van der Waals surface area contributed by atoms with Crippen LogP contribution in [-0.2, 0) is 0 Å². The standard InChI is InChI=1S/C15H14ClFN2OS/c1-7-12(6-5-10(18)13(7)8(2)20)21-15-9(17)3-4-11(19)14(15)16/h3-6H,18-19H2,1-2H3. The number of benzene rings is 2. The lowest BCUT2D eigenvalue weighted by molar-refractivity contribution is 0.101. The molecule has 0 bridgehead atoms. The third kappa shape index (κ3) is 2.99. The van der Waals surface area contributed by atoms with E-state index in [0.717, 1.165) is 11.8 Å². The molecule has 0 radical (unpaired) electrons. The van der Waals surface area contributed by atoms with Crippen molar-refractivity contribution in [2.45, 2.75) is 23.6 Å². The van der Waals surface area contributed by atoms with E-state index >= 15 is 0 Å². The van der Waals surface area contributed by atoms with E-state index in [2.05, 4.69) is 0 Å². The highest BCUT2D eigenvalue weighted by Crippen LogP contribution is 2.40. The number of rotatable bonds is 3. The van der Waals surface area contributed by atoms with Gasteiger partial charge in [0.1, 0.15) is 5.82 Å². The van der Waals surface area contributed by atoms with Gasteiger partial charge in [-0.15, -0.1) is 0 Å². The van der Waals surface area contributed by atoms with Crippen molar-refractivity contribution >= 4 is 40.5 Å². The summed E-state index contributed by atoms with van der Waals surface area (Å²) in [4.78, 5) is 12.6. The van der Waals surface area contributed by atoms with E-state index in [-0.39, 0.29) is 15.7 Å². The van der Waals surface area contributed by atoms with Crippen molar-refractivity contribution < 1.29 is 9.18 Å². The maximum absolute atomic E-state index is 13.9. The maximum atomic E-state index is 13.9. The molecule has 2 aromatic rings. The van der Waals surface area contributed by atoms with Crippen molar-refractivity contribution in [1.82, 2.24) is 0 Å². The maximum Gasteiger partial charge on any atom is 0.162 e. The van der Waals surface area contributed by atoms with Crippen LogP contribution in [-0.4, -0.2) is 5.78 Å². The van der Waals surface area contributed by atoms with Crippen molar-refractivity contribution in [3.63, 3.8) is 0 Å². The molecule has 0 heterocycles. The Bertz CT molecular complexity index is 734. The van der Waals surface area contributed by atoms with Gasteiger partial charge < -0.3 is 11.5 Å². The Morgan fingerprint density at radius 2 is 1.81 bits per heavy atom. The quantitative estimate of drug-likeness (QED) is 0.652. The first-order chi connectivity index (χ1) is 9.82. The number of Topliss-reactive ketones (excluding diaryl/α,β-unsaturated/α-hetero) is 1. The Hall–Kier alpha value is -1.72. The summed E-state index contributed by atoms with van der Waals surface area (Å²) in [6, 6.07) is 6.05. The summed E-state index contributed by atoms with van der Waals surface area (Å²) >= 11 is 7.18. The number of halogens is 2. The lowest BCUT2D eigenvalue weighted by Crippen LogP contribution is -2.03. The van der Waals surface area contributed by atoms with Crippen LogP contribution in [0.1, 0.15) is 22.8 Å². The molecule has 0 fully saturated rings. The molecule has 2 rings (SSSR count). The topological polar surface area (TPSA) is 69.1 Å². The smallest absolute Gasteiger partial charge is 0.162 e. The van der Waals surface area contributed by atoms with E-state index in [1.165, 1.54) is 19.1 Å². The molecule has 0 aliphatic rings. The van der Waals surface area contributed by atoms with Crippen LogP contribution >= 0.6 is 23.4 Å². The van der Waals surface area contributed by atoms with E-state index < -0.39 is 5.82 Å². The second-order valence-electron chi connectivity index (χ2n) is 4.59. The van der Waals surface area contributed by atoms with Gasteiger partial charge in [0.25, 0.3) is 0 Å². The SMILES string of the molecule is CC(=O)c1c(N)ccc(Sc2c(F)ccc(N)c2Cl)c1C. The Morgan fingerprint density at radius 3 is 2.43 bits per heavy atom. The predicted octanol–water partition coefficient (Wildman–Crippen LogP) is 4.31. The van der Waals surface area contributed by atoms with E-state index in [1.807, 2.05) is 0 Å². The number of nitrogens with two attached hydrogens (primary N) is 2. The van der Waals surface area contributed by atoms with Gasteiger partial charge in [0.2, 0.25) is 0 Å². The zero-order valence-electron chi connectivity index (χ0n) is 11.5. The molecule has 0 aromatic heterocycles. The highest BCUT2D eigenvalue weighted by molar-refractivity contribution is 7.99. The third-order valence-corrected chi connectivity index (χ3v) is 4.88. The molecule has 0 amide bonds. The Balaban J connectivity index is 2.54. The number of carbonyl (C=O) groups excluding carboxylic acids is 1. The first kappa shape index (κ1) is 15.7. The Kier molecular flexibility index (Phi) is 4.44. The molecule has 0 saturated heterocycles. The number of hydrogen-bond donors (Lipinski definition) is 2. The van der Waals surface area contributed by atoms with Crippen LogP contribution in [0.4, 0.5) is 15.8 Å². The highest BCUT2D eigenvalue weighted by atomic mass is 35.5. The van der Waals surface area contributed by atoms with Crippen LogP contribution in [0.3, 0.4) is 0 Å². The van der Waals surface area contributed by atoms with E-state index in [1.54, 1.807) is 19.1 Å². The van der Waals surface area contributed by atoms with Crippen molar-refractivity contribution in [3.05, 3.63) is 46.2 Å². The van der Waals surface area contributed by atoms with E-state index in [0.29, 0.717) is 27.4 Å². The molecule has 0 aliphatic heterocycles. The van der Waals surface area contributed by atoms with Gasteiger partial charge in [-0.3, -0.25) is 4.79 Å². The van der Waals surface area contributed by atoms with Gasteiger partial charge in [0, 0.05) is 16.1 Å². The van der Waals surface area contributed by atoms with Gasteiger partial charge in [-0.05, 0) is 43.7 Å². The van der Waals surface area contributed by atoms with Crippen LogP contribution in [0.5, 0.6) is 0 Å². The van der Waals surface area contributed by atoms with Crippen LogP contribution < -0.4 is 11.5 Å². The zero-order valence-corrected chi connectivity index (χ0v) is 13.1. The third-order valence-electron chi connectivity index (χ3n) is 3.09. The lowest BCUT2D eigenvalue weighted by Gasteiger charge is -2.13. The summed E-state index contributed by atoms with van der Waals surface area (Å²) in [5, 5.41) is 0.167. The van der Waals surface area contributed by atoms with Gasteiger partial charge in [-0.25, -0.2) is 4.39 Å². The summed E-state index contributed by atoms with van der Waals surface area (Å²) in [5.74, 6) is -0.591. The Labute approximate surface area is 131 Å². The number of ketones is 1. The van der Waals surface area contributed by atoms with Crippen LogP contribution in [0.2, 0.25) is 5.02 Å². The fraction of sp³-hybridized carbons (Fsp3) is 0.133. The van der Waals surface area contributed by atoms with E-state index in [9.17, 15) is 9.18 Å². The number of hydrogen-bond acceptors (Lipinski definition) is 4. The first-order valence-corrected chi connectivity index (χ1v) is 7.33. The largest absolute Gasteiger partial charge is 0.398 e. The molecule has 0 unspecified atom stereocenters. The summed E-state index contributed by atoms with van der Waals surface area (Å²) in [6.45, 7) is 3.22. The number of carbonyl (C=O) groups is 1. The van der Waals surface area contributed by atoms with Gasteiger partial charge in [-0.1, -0.05) is 23.4 Å². The second-order valence-corrected chi connectivity index (χ2v) is 6.02. The fourth-order valence-corrected chi connectivity index (χ4v) is 3.30. The molecule has 3 nitrogen and oxygen atoms in total. The minimum Gasteiger partial charge on any atom is -0.398 e. The fourth-order valence-electron chi connectivity index (χ4n) is 2.04. The first-order valence-electron chi connectivity index (χ1n) is 6.14. The summed E-state index contributed by atoms with van der Waals surface area (Å²) in [6.07, 6.45) is 0. The molecule has 110 valence electrons. The van der Waals surface area contributed by atoms with E-state index in [4.69, 9.17) is 23.1 Å². The summed E-state index contributed by atoms with van der Waals surface area (Å²) in [5.41, 5.74) is 13.4. The van der Waals surface area contributed by atoms with Gasteiger partial charge >= 0.3 is 0 Å². The molecule has 21 heavy (non-hydrogen) atoms. The molecule has 0 aliphatic carbocycles. The number of nitrogen functional groups attached to an aromatic ring is 2. The lowest BCUT2D eigenvalue weighted by atomic mass is 10.0. The molecule has 0 saturated carbocycles. The molecule has 0 atom stereocenters. The molecular formula is C15H14ClFN2OS. The Morgan fingerprint density at radius 1 is 1.19 bits per heavy atom. The van der Waals surface area contributed by atoms with Crippen molar-refractivity contribution in [2.75, 3.05) is 11.5 Å². The highest BCUT2D eigenvalue weighted by Gasteiger charge is 2.17. The zero-order chi connectivity index (χ0) is 15.7. The normalized spacial score (nSPS) is 10.7. The van der Waals surface area contributed by atoms with Crippen LogP contribution in [0, 0.1) is 12.7 Å². The van der Waals surface area contributed by atoms with Crippen molar-refractivity contribution in [2.24, 2.45) is 0 Å². The molecule has 2 aromatic carbocycles. The van der Waals surface area contributed by atoms with Crippen LogP contribution in [0.15, 0.2) is 34.1 Å². The minimum absolute atomic E-state index is 0.133. The van der Waals surface area contributed by atoms with Crippen LogP contribution in [0.25, 0.3) is 0 Å². The minimum atomic E-state index is -0.459. The van der Waals surface area contributed by atoms with Gasteiger partial charge in [0.05, 0.1) is 15.6 Å². The predicted molar refractivity (Wildman–Crippen MR) is 85.5 cm³/mol. The second kappa shape index (κ2) is 5.95. The van der Waals surface area contributed by atoms with Gasteiger partial charge in [-0.2, -0.15) is 0 Å². The van der Waals surface area contributed by atoms with Crippen molar-refractivity contribution in [1.29, 1.82) is 0 Å². The molecule has 0 spiro atoms. The van der Waals surface area contributed by atoms with Crippen molar-refractivity contribution in [3.8, 4) is 0 Å². The van der Waals surface area contributed by atoms with Gasteiger partial charge in [0.15, 0.2) is 5.78 Å². The average Bonchev–Trinajstić information content (AvgIpc) is 2.41. The monoisotopic (exact) mass is 324 g/mol. The molecular weight excluding hydrogens is 311 g/mol. The molecule has 4 N–H and O–H groups in total. The summed E-state index contributed by atoms with van der Waals surface area (Å²) < 4.78 is 13.9. The molecule has 6 heteroatoms. The number of anilines is 2.